The molecule has 0 radical (unpaired) electrons. The van der Waals surface area contributed by atoms with Gasteiger partial charge in [0.2, 0.25) is 0 Å². The standard InChI is InChI=1S/C44H30N2S2/c1-44(2)34-18-10-9-17-30(34)32-26-37-33(25-35(32)44)31-21-22-40-43(48-39-20-12-11-19-38(39)47-40)42(31)46(37)41-24-29(27-13-5-3-6-14-27)23-36(45-41)28-15-7-4-8-16-28/h3-26H,1-2H3. The van der Waals surface area contributed by atoms with E-state index in [2.05, 4.69) is 164 Å². The lowest BCUT2D eigenvalue weighted by Crippen LogP contribution is -2.14. The highest BCUT2D eigenvalue weighted by Gasteiger charge is 2.36. The number of hydrogen-bond donors (Lipinski definition) is 0. The summed E-state index contributed by atoms with van der Waals surface area (Å²) < 4.78 is 2.46. The second-order valence-corrected chi connectivity index (χ2v) is 15.3. The molecule has 48 heavy (non-hydrogen) atoms. The fraction of sp³-hybridized carbons (Fsp3) is 0.0682. The Morgan fingerprint density at radius 2 is 1.21 bits per heavy atom. The van der Waals surface area contributed by atoms with Crippen molar-refractivity contribution in [2.24, 2.45) is 0 Å². The van der Waals surface area contributed by atoms with Crippen molar-refractivity contribution in [1.82, 2.24) is 9.55 Å². The lowest BCUT2D eigenvalue weighted by molar-refractivity contribution is 0.661. The number of pyridine rings is 1. The Morgan fingerprint density at radius 1 is 0.521 bits per heavy atom. The normalized spacial score (nSPS) is 14.0. The minimum Gasteiger partial charge on any atom is -0.293 e. The number of hydrogen-bond acceptors (Lipinski definition) is 3. The Labute approximate surface area is 288 Å². The third kappa shape index (κ3) is 4.12. The van der Waals surface area contributed by atoms with Crippen LogP contribution in [0.5, 0.6) is 0 Å². The van der Waals surface area contributed by atoms with E-state index in [1.165, 1.54) is 69.2 Å². The second-order valence-electron chi connectivity index (χ2n) is 13.2. The molecule has 0 unspecified atom stereocenters. The van der Waals surface area contributed by atoms with Crippen LogP contribution in [-0.2, 0) is 5.41 Å². The molecule has 0 saturated heterocycles. The molecule has 0 fully saturated rings. The van der Waals surface area contributed by atoms with Gasteiger partial charge in [0.15, 0.2) is 0 Å². The number of aromatic nitrogens is 2. The molecule has 0 N–H and O–H groups in total. The summed E-state index contributed by atoms with van der Waals surface area (Å²) in [6.45, 7) is 4.73. The van der Waals surface area contributed by atoms with Crippen LogP contribution < -0.4 is 0 Å². The molecular weight excluding hydrogens is 621 g/mol. The molecule has 0 spiro atoms. The van der Waals surface area contributed by atoms with Gasteiger partial charge in [-0.2, -0.15) is 0 Å². The first-order valence-electron chi connectivity index (χ1n) is 16.4. The van der Waals surface area contributed by atoms with E-state index >= 15 is 0 Å². The minimum atomic E-state index is -0.0851. The average molecular weight is 651 g/mol. The number of benzene rings is 6. The van der Waals surface area contributed by atoms with E-state index in [0.29, 0.717) is 0 Å². The quantitative estimate of drug-likeness (QED) is 0.189. The fourth-order valence-electron chi connectivity index (χ4n) is 7.70. The maximum Gasteiger partial charge on any atom is 0.138 e. The number of fused-ring (bicyclic) bond motifs is 9. The Hall–Kier alpha value is -5.03. The van der Waals surface area contributed by atoms with Crippen molar-refractivity contribution >= 4 is 45.3 Å². The summed E-state index contributed by atoms with van der Waals surface area (Å²) in [5, 5.41) is 2.53. The van der Waals surface area contributed by atoms with Gasteiger partial charge in [-0.1, -0.05) is 140 Å². The summed E-state index contributed by atoms with van der Waals surface area (Å²) in [7, 11) is 0. The SMILES string of the molecule is CC1(C)c2ccccc2-c2cc3c(cc21)c1ccc2c(c1n3-c1cc(-c3ccccc3)cc(-c3ccccc3)n1)Sc1ccccc1S2. The monoisotopic (exact) mass is 650 g/mol. The molecule has 4 heteroatoms. The summed E-state index contributed by atoms with van der Waals surface area (Å²) in [4.78, 5) is 10.7. The van der Waals surface area contributed by atoms with Gasteiger partial charge in [0.05, 0.1) is 21.6 Å². The van der Waals surface area contributed by atoms with Gasteiger partial charge in [0.25, 0.3) is 0 Å². The predicted octanol–water partition coefficient (Wildman–Crippen LogP) is 12.4. The van der Waals surface area contributed by atoms with Crippen LogP contribution in [0.1, 0.15) is 25.0 Å². The van der Waals surface area contributed by atoms with E-state index < -0.39 is 0 Å². The van der Waals surface area contributed by atoms with Crippen LogP contribution >= 0.6 is 23.5 Å². The highest BCUT2D eigenvalue weighted by molar-refractivity contribution is 8.05. The van der Waals surface area contributed by atoms with E-state index in [9.17, 15) is 0 Å². The molecule has 0 atom stereocenters. The third-order valence-corrected chi connectivity index (χ3v) is 12.6. The first-order chi connectivity index (χ1) is 23.5. The van der Waals surface area contributed by atoms with Crippen molar-refractivity contribution in [2.75, 3.05) is 0 Å². The van der Waals surface area contributed by atoms with Crippen LogP contribution in [0.25, 0.3) is 61.1 Å². The third-order valence-electron chi connectivity index (χ3n) is 10.0. The van der Waals surface area contributed by atoms with Crippen LogP contribution in [0.4, 0.5) is 0 Å². The molecular formula is C44H30N2S2. The summed E-state index contributed by atoms with van der Waals surface area (Å²) in [6, 6.07) is 53.0. The summed E-state index contributed by atoms with van der Waals surface area (Å²) in [5.74, 6) is 0.929. The largest absolute Gasteiger partial charge is 0.293 e. The lowest BCUT2D eigenvalue weighted by atomic mass is 9.82. The lowest BCUT2D eigenvalue weighted by Gasteiger charge is -2.21. The molecule has 1 aliphatic heterocycles. The molecule has 8 aromatic rings. The smallest absolute Gasteiger partial charge is 0.138 e. The van der Waals surface area contributed by atoms with Gasteiger partial charge >= 0.3 is 0 Å². The van der Waals surface area contributed by atoms with Gasteiger partial charge in [-0.25, -0.2) is 4.98 Å². The Morgan fingerprint density at radius 3 is 2.00 bits per heavy atom. The second kappa shape index (κ2) is 10.5. The van der Waals surface area contributed by atoms with E-state index in [1.54, 1.807) is 0 Å². The van der Waals surface area contributed by atoms with Crippen molar-refractivity contribution in [2.45, 2.75) is 38.8 Å². The zero-order valence-corrected chi connectivity index (χ0v) is 28.2. The number of rotatable bonds is 3. The van der Waals surface area contributed by atoms with Crippen LogP contribution in [0.15, 0.2) is 165 Å². The van der Waals surface area contributed by atoms with E-state index in [1.807, 2.05) is 23.5 Å². The molecule has 0 bridgehead atoms. The van der Waals surface area contributed by atoms with Crippen molar-refractivity contribution in [1.29, 1.82) is 0 Å². The molecule has 2 nitrogen and oxygen atoms in total. The van der Waals surface area contributed by atoms with E-state index in [0.717, 1.165) is 22.6 Å². The van der Waals surface area contributed by atoms with Gasteiger partial charge in [-0.15, -0.1) is 0 Å². The summed E-state index contributed by atoms with van der Waals surface area (Å²) >= 11 is 3.75. The first-order valence-corrected chi connectivity index (χ1v) is 18.0. The van der Waals surface area contributed by atoms with E-state index in [-0.39, 0.29) is 5.41 Å². The maximum absolute atomic E-state index is 5.48. The summed E-state index contributed by atoms with van der Waals surface area (Å²) in [5.41, 5.74) is 12.1. The van der Waals surface area contributed by atoms with Gasteiger partial charge in [0.1, 0.15) is 5.82 Å². The van der Waals surface area contributed by atoms with Crippen LogP contribution in [-0.4, -0.2) is 9.55 Å². The fourth-order valence-corrected chi connectivity index (χ4v) is 10.1. The Bertz CT molecular complexity index is 2520. The predicted molar refractivity (Wildman–Crippen MR) is 202 cm³/mol. The highest BCUT2D eigenvalue weighted by Crippen LogP contribution is 2.55. The van der Waals surface area contributed by atoms with Gasteiger partial charge < -0.3 is 0 Å². The van der Waals surface area contributed by atoms with Gasteiger partial charge in [0, 0.05) is 36.4 Å². The van der Waals surface area contributed by atoms with Gasteiger partial charge in [-0.3, -0.25) is 4.57 Å². The van der Waals surface area contributed by atoms with Crippen molar-refractivity contribution in [3.8, 4) is 39.3 Å². The highest BCUT2D eigenvalue weighted by atomic mass is 32.2. The summed E-state index contributed by atoms with van der Waals surface area (Å²) in [6.07, 6.45) is 0. The first kappa shape index (κ1) is 28.0. The van der Waals surface area contributed by atoms with Crippen molar-refractivity contribution in [3.05, 3.63) is 157 Å². The Balaban J connectivity index is 1.34. The zero-order chi connectivity index (χ0) is 32.0. The number of nitrogens with zero attached hydrogens (tertiary/aromatic N) is 2. The minimum absolute atomic E-state index is 0.0851. The zero-order valence-electron chi connectivity index (χ0n) is 26.6. The topological polar surface area (TPSA) is 17.8 Å². The average Bonchev–Trinajstić information content (AvgIpc) is 3.59. The van der Waals surface area contributed by atoms with Crippen LogP contribution in [0.3, 0.4) is 0 Å². The van der Waals surface area contributed by atoms with Crippen molar-refractivity contribution < 1.29 is 0 Å². The van der Waals surface area contributed by atoms with E-state index in [4.69, 9.17) is 4.98 Å². The molecule has 1 aliphatic carbocycles. The molecule has 10 rings (SSSR count). The molecule has 0 amide bonds. The van der Waals surface area contributed by atoms with Crippen LogP contribution in [0.2, 0.25) is 0 Å². The Kier molecular flexibility index (Phi) is 6.12. The van der Waals surface area contributed by atoms with Gasteiger partial charge in [-0.05, 0) is 75.8 Å². The molecule has 0 saturated carbocycles. The molecule has 3 heterocycles. The maximum atomic E-state index is 5.48. The molecule has 2 aromatic heterocycles. The molecule has 228 valence electrons. The van der Waals surface area contributed by atoms with Crippen LogP contribution in [0, 0.1) is 0 Å². The van der Waals surface area contributed by atoms with Crippen molar-refractivity contribution in [3.63, 3.8) is 0 Å². The molecule has 2 aliphatic rings. The molecule has 6 aromatic carbocycles.